The van der Waals surface area contributed by atoms with E-state index in [0.717, 1.165) is 0 Å². The van der Waals surface area contributed by atoms with E-state index in [-0.39, 0.29) is 11.4 Å². The summed E-state index contributed by atoms with van der Waals surface area (Å²) in [5.74, 6) is -0.206. The van der Waals surface area contributed by atoms with Crippen molar-refractivity contribution in [2.75, 3.05) is 20.6 Å². The Balaban J connectivity index is 2.62. The van der Waals surface area contributed by atoms with Gasteiger partial charge in [-0.3, -0.25) is 4.79 Å². The lowest BCUT2D eigenvalue weighted by atomic mass is 10.0. The predicted octanol–water partition coefficient (Wildman–Crippen LogP) is 1.80. The molecule has 0 aliphatic carbocycles. The molecule has 5 heteroatoms. The summed E-state index contributed by atoms with van der Waals surface area (Å²) in [6, 6.07) is 4.99. The van der Waals surface area contributed by atoms with Crippen molar-refractivity contribution in [3.63, 3.8) is 0 Å². The molecular formula is C12H18ClN3O. The number of hydrogen-bond acceptors (Lipinski definition) is 3. The molecule has 0 spiro atoms. The molecule has 1 aromatic rings. The Labute approximate surface area is 107 Å². The lowest BCUT2D eigenvalue weighted by molar-refractivity contribution is 0.0915. The molecule has 1 rings (SSSR count). The molecule has 1 amide bonds. The average molecular weight is 256 g/mol. The van der Waals surface area contributed by atoms with E-state index in [2.05, 4.69) is 29.0 Å². The van der Waals surface area contributed by atoms with Crippen LogP contribution in [0.15, 0.2) is 18.2 Å². The molecule has 0 saturated heterocycles. The summed E-state index contributed by atoms with van der Waals surface area (Å²) in [7, 11) is 3.95. The number of aromatic nitrogens is 1. The van der Waals surface area contributed by atoms with Crippen molar-refractivity contribution in [1.29, 1.82) is 0 Å². The van der Waals surface area contributed by atoms with Crippen LogP contribution in [0.1, 0.15) is 24.3 Å². The zero-order chi connectivity index (χ0) is 13.1. The molecule has 0 aliphatic heterocycles. The summed E-state index contributed by atoms with van der Waals surface area (Å²) < 4.78 is 0. The maximum Gasteiger partial charge on any atom is 0.270 e. The Bertz CT molecular complexity index is 404. The molecule has 0 aliphatic rings. The highest BCUT2D eigenvalue weighted by Crippen LogP contribution is 2.09. The molecule has 0 fully saturated rings. The maximum absolute atomic E-state index is 11.8. The van der Waals surface area contributed by atoms with Gasteiger partial charge in [0, 0.05) is 12.1 Å². The van der Waals surface area contributed by atoms with Gasteiger partial charge in [-0.15, -0.1) is 0 Å². The molecule has 0 saturated carbocycles. The number of carbonyl (C=O) groups is 1. The van der Waals surface area contributed by atoms with E-state index >= 15 is 0 Å². The molecule has 1 aromatic heterocycles. The Morgan fingerprint density at radius 1 is 1.47 bits per heavy atom. The smallest absolute Gasteiger partial charge is 0.270 e. The monoisotopic (exact) mass is 255 g/mol. The molecular weight excluding hydrogens is 238 g/mol. The molecule has 0 radical (unpaired) electrons. The van der Waals surface area contributed by atoms with E-state index in [1.807, 2.05) is 14.1 Å². The van der Waals surface area contributed by atoms with Crippen molar-refractivity contribution >= 4 is 17.5 Å². The SMILES string of the molecule is CN(C)C(C)(C)CNC(=O)c1cccc(Cl)n1. The first-order chi connectivity index (χ1) is 7.83. The molecule has 1 N–H and O–H groups in total. The summed E-state index contributed by atoms with van der Waals surface area (Å²) in [6.07, 6.45) is 0. The van der Waals surface area contributed by atoms with Gasteiger partial charge in [-0.1, -0.05) is 17.7 Å². The Kier molecular flexibility index (Phi) is 4.48. The number of hydrogen-bond donors (Lipinski definition) is 1. The zero-order valence-electron chi connectivity index (χ0n) is 10.6. The third kappa shape index (κ3) is 3.98. The number of rotatable bonds is 4. The van der Waals surface area contributed by atoms with Gasteiger partial charge in [0.05, 0.1) is 0 Å². The quantitative estimate of drug-likeness (QED) is 0.835. The van der Waals surface area contributed by atoms with Crippen LogP contribution in [0.25, 0.3) is 0 Å². The van der Waals surface area contributed by atoms with Crippen molar-refractivity contribution in [3.05, 3.63) is 29.0 Å². The third-order valence-electron chi connectivity index (χ3n) is 2.84. The molecule has 17 heavy (non-hydrogen) atoms. The maximum atomic E-state index is 11.8. The third-order valence-corrected chi connectivity index (χ3v) is 3.05. The Morgan fingerprint density at radius 3 is 2.65 bits per heavy atom. The number of halogens is 1. The van der Waals surface area contributed by atoms with Crippen LogP contribution in [0.4, 0.5) is 0 Å². The van der Waals surface area contributed by atoms with Crippen molar-refractivity contribution < 1.29 is 4.79 Å². The summed E-state index contributed by atoms with van der Waals surface area (Å²) >= 11 is 5.73. The Morgan fingerprint density at radius 2 is 2.12 bits per heavy atom. The second-order valence-electron chi connectivity index (χ2n) is 4.74. The average Bonchev–Trinajstić information content (AvgIpc) is 2.25. The highest BCUT2D eigenvalue weighted by Gasteiger charge is 2.21. The number of amides is 1. The largest absolute Gasteiger partial charge is 0.349 e. The fourth-order valence-electron chi connectivity index (χ4n) is 1.08. The van der Waals surface area contributed by atoms with E-state index in [1.165, 1.54) is 0 Å². The van der Waals surface area contributed by atoms with Crippen molar-refractivity contribution in [2.24, 2.45) is 0 Å². The molecule has 1 heterocycles. The highest BCUT2D eigenvalue weighted by molar-refractivity contribution is 6.29. The van der Waals surface area contributed by atoms with E-state index in [0.29, 0.717) is 17.4 Å². The van der Waals surface area contributed by atoms with Gasteiger partial charge in [0.1, 0.15) is 10.8 Å². The van der Waals surface area contributed by atoms with Crippen molar-refractivity contribution in [1.82, 2.24) is 15.2 Å². The second kappa shape index (κ2) is 5.47. The van der Waals surface area contributed by atoms with E-state index < -0.39 is 0 Å². The molecule has 4 nitrogen and oxygen atoms in total. The fourth-order valence-corrected chi connectivity index (χ4v) is 1.24. The van der Waals surface area contributed by atoms with Gasteiger partial charge >= 0.3 is 0 Å². The summed E-state index contributed by atoms with van der Waals surface area (Å²) in [6.45, 7) is 4.66. The van der Waals surface area contributed by atoms with Gasteiger partial charge in [-0.05, 0) is 40.1 Å². The lowest BCUT2D eigenvalue weighted by Crippen LogP contribution is -2.48. The fraction of sp³-hybridized carbons (Fsp3) is 0.500. The number of nitrogens with zero attached hydrogens (tertiary/aromatic N) is 2. The van der Waals surface area contributed by atoms with Crippen molar-refractivity contribution in [2.45, 2.75) is 19.4 Å². The van der Waals surface area contributed by atoms with Crippen LogP contribution in [0, 0.1) is 0 Å². The standard InChI is InChI=1S/C12H18ClN3O/c1-12(2,16(3)4)8-14-11(17)9-6-5-7-10(13)15-9/h5-7H,8H2,1-4H3,(H,14,17). The minimum atomic E-state index is -0.206. The first-order valence-electron chi connectivity index (χ1n) is 5.41. The predicted molar refractivity (Wildman–Crippen MR) is 69.3 cm³/mol. The van der Waals surface area contributed by atoms with Gasteiger partial charge < -0.3 is 10.2 Å². The minimum absolute atomic E-state index is 0.103. The van der Waals surface area contributed by atoms with Crippen LogP contribution < -0.4 is 5.32 Å². The normalized spacial score (nSPS) is 11.6. The molecule has 0 bridgehead atoms. The van der Waals surface area contributed by atoms with Crippen molar-refractivity contribution in [3.8, 4) is 0 Å². The Hall–Kier alpha value is -1.13. The van der Waals surface area contributed by atoms with Gasteiger partial charge in [-0.25, -0.2) is 4.98 Å². The highest BCUT2D eigenvalue weighted by atomic mass is 35.5. The molecule has 94 valence electrons. The first kappa shape index (κ1) is 13.9. The van der Waals surface area contributed by atoms with Crippen LogP contribution in [0.3, 0.4) is 0 Å². The molecule has 0 atom stereocenters. The topological polar surface area (TPSA) is 45.2 Å². The lowest BCUT2D eigenvalue weighted by Gasteiger charge is -2.32. The van der Waals surface area contributed by atoms with Gasteiger partial charge in [0.2, 0.25) is 0 Å². The van der Waals surface area contributed by atoms with Crippen LogP contribution in [0.5, 0.6) is 0 Å². The molecule has 0 unspecified atom stereocenters. The summed E-state index contributed by atoms with van der Waals surface area (Å²) in [5, 5.41) is 3.17. The summed E-state index contributed by atoms with van der Waals surface area (Å²) in [5.41, 5.74) is 0.237. The van der Waals surface area contributed by atoms with Crippen LogP contribution in [-0.2, 0) is 0 Å². The van der Waals surface area contributed by atoms with E-state index in [9.17, 15) is 4.79 Å². The van der Waals surface area contributed by atoms with E-state index in [4.69, 9.17) is 11.6 Å². The van der Waals surface area contributed by atoms with Gasteiger partial charge in [0.15, 0.2) is 0 Å². The molecule has 0 aromatic carbocycles. The van der Waals surface area contributed by atoms with Gasteiger partial charge in [0.25, 0.3) is 5.91 Å². The number of nitrogens with one attached hydrogen (secondary N) is 1. The first-order valence-corrected chi connectivity index (χ1v) is 5.79. The second-order valence-corrected chi connectivity index (χ2v) is 5.12. The van der Waals surface area contributed by atoms with E-state index in [1.54, 1.807) is 18.2 Å². The number of pyridine rings is 1. The zero-order valence-corrected chi connectivity index (χ0v) is 11.4. The summed E-state index contributed by atoms with van der Waals surface area (Å²) in [4.78, 5) is 17.8. The minimum Gasteiger partial charge on any atom is -0.349 e. The number of carbonyl (C=O) groups excluding carboxylic acids is 1. The van der Waals surface area contributed by atoms with Crippen LogP contribution in [0.2, 0.25) is 5.15 Å². The van der Waals surface area contributed by atoms with Gasteiger partial charge in [-0.2, -0.15) is 0 Å². The van der Waals surface area contributed by atoms with Crippen LogP contribution in [-0.4, -0.2) is 42.0 Å². The number of likely N-dealkylation sites (N-methyl/N-ethyl adjacent to an activating group) is 1. The van der Waals surface area contributed by atoms with Crippen LogP contribution >= 0.6 is 11.6 Å².